The molecule has 0 spiro atoms. The van der Waals surface area contributed by atoms with Gasteiger partial charge in [0.05, 0.1) is 11.9 Å². The third-order valence-electron chi connectivity index (χ3n) is 4.07. The lowest BCUT2D eigenvalue weighted by Gasteiger charge is -2.35. The van der Waals surface area contributed by atoms with Gasteiger partial charge in [-0.3, -0.25) is 9.78 Å². The standard InChI is InChI=1S/C17H20N4O3S/c1-25(23,24)13-14-2-4-15(5-3-14)17(22)21-10-8-20(9-11-21)16-12-18-6-7-19-16/h2-7,12H,8-11,13H2,1H3. The van der Waals surface area contributed by atoms with Crippen LogP contribution in [0, 0.1) is 0 Å². The molecule has 1 aromatic heterocycles. The summed E-state index contributed by atoms with van der Waals surface area (Å²) in [4.78, 5) is 24.9. The molecule has 0 N–H and O–H groups in total. The molecule has 25 heavy (non-hydrogen) atoms. The van der Waals surface area contributed by atoms with Gasteiger partial charge in [0.1, 0.15) is 5.82 Å². The highest BCUT2D eigenvalue weighted by atomic mass is 32.2. The smallest absolute Gasteiger partial charge is 0.253 e. The Kier molecular flexibility index (Phi) is 4.98. The number of benzene rings is 1. The highest BCUT2D eigenvalue weighted by Crippen LogP contribution is 2.15. The van der Waals surface area contributed by atoms with Crippen molar-refractivity contribution in [2.75, 3.05) is 37.3 Å². The first-order chi connectivity index (χ1) is 11.9. The van der Waals surface area contributed by atoms with Crippen molar-refractivity contribution in [1.29, 1.82) is 0 Å². The van der Waals surface area contributed by atoms with Gasteiger partial charge in [-0.1, -0.05) is 12.1 Å². The zero-order chi connectivity index (χ0) is 17.9. The molecule has 0 radical (unpaired) electrons. The fourth-order valence-electron chi connectivity index (χ4n) is 2.82. The number of nitrogens with zero attached hydrogens (tertiary/aromatic N) is 4. The summed E-state index contributed by atoms with van der Waals surface area (Å²) in [6, 6.07) is 6.78. The van der Waals surface area contributed by atoms with E-state index < -0.39 is 9.84 Å². The number of carbonyl (C=O) groups is 1. The molecule has 3 rings (SSSR count). The van der Waals surface area contributed by atoms with E-state index >= 15 is 0 Å². The molecule has 1 saturated heterocycles. The minimum Gasteiger partial charge on any atom is -0.352 e. The molecule has 1 aliphatic heterocycles. The maximum Gasteiger partial charge on any atom is 0.253 e. The molecule has 0 unspecified atom stereocenters. The second-order valence-corrected chi connectivity index (χ2v) is 8.25. The number of amides is 1. The largest absolute Gasteiger partial charge is 0.352 e. The molecule has 1 aromatic carbocycles. The Hall–Kier alpha value is -2.48. The van der Waals surface area contributed by atoms with Gasteiger partial charge in [-0.2, -0.15) is 0 Å². The van der Waals surface area contributed by atoms with Crippen molar-refractivity contribution < 1.29 is 13.2 Å². The Morgan fingerprint density at radius 1 is 1.08 bits per heavy atom. The maximum atomic E-state index is 12.6. The lowest BCUT2D eigenvalue weighted by atomic mass is 10.1. The Morgan fingerprint density at radius 2 is 1.76 bits per heavy atom. The van der Waals surface area contributed by atoms with E-state index in [0.717, 1.165) is 5.82 Å². The van der Waals surface area contributed by atoms with Gasteiger partial charge in [0.15, 0.2) is 9.84 Å². The van der Waals surface area contributed by atoms with E-state index in [1.165, 1.54) is 6.26 Å². The summed E-state index contributed by atoms with van der Waals surface area (Å²) in [7, 11) is -3.08. The van der Waals surface area contributed by atoms with Gasteiger partial charge >= 0.3 is 0 Å². The Morgan fingerprint density at radius 3 is 2.32 bits per heavy atom. The first-order valence-electron chi connectivity index (χ1n) is 7.99. The van der Waals surface area contributed by atoms with E-state index in [1.54, 1.807) is 47.8 Å². The summed E-state index contributed by atoms with van der Waals surface area (Å²) in [6.07, 6.45) is 6.21. The Bertz CT molecular complexity index is 830. The molecule has 1 fully saturated rings. The molecule has 132 valence electrons. The molecule has 0 bridgehead atoms. The van der Waals surface area contributed by atoms with Crippen molar-refractivity contribution >= 4 is 21.6 Å². The van der Waals surface area contributed by atoms with Crippen molar-refractivity contribution in [1.82, 2.24) is 14.9 Å². The second-order valence-electron chi connectivity index (χ2n) is 6.11. The number of aromatic nitrogens is 2. The minimum absolute atomic E-state index is 0.0156. The van der Waals surface area contributed by atoms with Crippen molar-refractivity contribution in [2.45, 2.75) is 5.75 Å². The Balaban J connectivity index is 1.61. The van der Waals surface area contributed by atoms with Crippen LogP contribution >= 0.6 is 0 Å². The first-order valence-corrected chi connectivity index (χ1v) is 10.1. The van der Waals surface area contributed by atoms with Gasteiger partial charge in [-0.05, 0) is 17.7 Å². The minimum atomic E-state index is -3.08. The summed E-state index contributed by atoms with van der Waals surface area (Å²) in [6.45, 7) is 2.63. The fourth-order valence-corrected chi connectivity index (χ4v) is 3.62. The quantitative estimate of drug-likeness (QED) is 0.808. The summed E-state index contributed by atoms with van der Waals surface area (Å²) >= 11 is 0. The molecule has 0 saturated carbocycles. The van der Waals surface area contributed by atoms with Crippen LogP contribution in [-0.2, 0) is 15.6 Å². The van der Waals surface area contributed by atoms with Crippen LogP contribution in [0.4, 0.5) is 5.82 Å². The normalized spacial score (nSPS) is 15.2. The number of piperazine rings is 1. The van der Waals surface area contributed by atoms with E-state index in [2.05, 4.69) is 14.9 Å². The number of hydrogen-bond donors (Lipinski definition) is 0. The number of anilines is 1. The van der Waals surface area contributed by atoms with Crippen LogP contribution in [0.25, 0.3) is 0 Å². The second kappa shape index (κ2) is 7.18. The molecule has 0 atom stereocenters. The van der Waals surface area contributed by atoms with Crippen molar-refractivity contribution in [3.8, 4) is 0 Å². The third-order valence-corrected chi connectivity index (χ3v) is 4.93. The molecule has 8 heteroatoms. The van der Waals surface area contributed by atoms with E-state index in [4.69, 9.17) is 0 Å². The van der Waals surface area contributed by atoms with Crippen LogP contribution in [-0.4, -0.2) is 61.6 Å². The third kappa shape index (κ3) is 4.54. The number of sulfone groups is 1. The zero-order valence-corrected chi connectivity index (χ0v) is 14.8. The lowest BCUT2D eigenvalue weighted by molar-refractivity contribution is 0.0746. The molecular formula is C17H20N4O3S. The van der Waals surface area contributed by atoms with E-state index in [0.29, 0.717) is 37.3 Å². The van der Waals surface area contributed by atoms with E-state index in [-0.39, 0.29) is 11.7 Å². The monoisotopic (exact) mass is 360 g/mol. The van der Waals surface area contributed by atoms with Crippen molar-refractivity contribution in [3.05, 3.63) is 54.0 Å². The van der Waals surface area contributed by atoms with Gasteiger partial charge in [0, 0.05) is 50.4 Å². The fraction of sp³-hybridized carbons (Fsp3) is 0.353. The molecule has 7 nitrogen and oxygen atoms in total. The van der Waals surface area contributed by atoms with Gasteiger partial charge in [0.2, 0.25) is 0 Å². The maximum absolute atomic E-state index is 12.6. The zero-order valence-electron chi connectivity index (χ0n) is 14.0. The summed E-state index contributed by atoms with van der Waals surface area (Å²) < 4.78 is 22.7. The number of hydrogen-bond acceptors (Lipinski definition) is 6. The average molecular weight is 360 g/mol. The summed E-state index contributed by atoms with van der Waals surface area (Å²) in [5, 5.41) is 0. The van der Waals surface area contributed by atoms with Gasteiger partial charge in [-0.15, -0.1) is 0 Å². The molecular weight excluding hydrogens is 340 g/mol. The predicted octanol–water partition coefficient (Wildman–Crippen LogP) is 0.984. The van der Waals surface area contributed by atoms with Gasteiger partial charge < -0.3 is 9.80 Å². The molecule has 1 amide bonds. The van der Waals surface area contributed by atoms with Crippen molar-refractivity contribution in [2.24, 2.45) is 0 Å². The first kappa shape index (κ1) is 17.3. The van der Waals surface area contributed by atoms with E-state index in [1.807, 2.05) is 0 Å². The number of rotatable bonds is 4. The van der Waals surface area contributed by atoms with Crippen LogP contribution in [0.3, 0.4) is 0 Å². The van der Waals surface area contributed by atoms with Crippen LogP contribution in [0.1, 0.15) is 15.9 Å². The lowest BCUT2D eigenvalue weighted by Crippen LogP contribution is -2.49. The van der Waals surface area contributed by atoms with Crippen LogP contribution in [0.15, 0.2) is 42.9 Å². The summed E-state index contributed by atoms with van der Waals surface area (Å²) in [5.41, 5.74) is 1.26. The summed E-state index contributed by atoms with van der Waals surface area (Å²) in [5.74, 6) is 0.766. The Labute approximate surface area is 147 Å². The van der Waals surface area contributed by atoms with Crippen LogP contribution in [0.5, 0.6) is 0 Å². The van der Waals surface area contributed by atoms with Crippen molar-refractivity contribution in [3.63, 3.8) is 0 Å². The van der Waals surface area contributed by atoms with Crippen LogP contribution < -0.4 is 4.90 Å². The SMILES string of the molecule is CS(=O)(=O)Cc1ccc(C(=O)N2CCN(c3cnccn3)CC2)cc1. The van der Waals surface area contributed by atoms with Gasteiger partial charge in [0.25, 0.3) is 5.91 Å². The highest BCUT2D eigenvalue weighted by molar-refractivity contribution is 7.89. The predicted molar refractivity (Wildman–Crippen MR) is 95.1 cm³/mol. The van der Waals surface area contributed by atoms with Gasteiger partial charge in [-0.25, -0.2) is 13.4 Å². The highest BCUT2D eigenvalue weighted by Gasteiger charge is 2.23. The molecule has 1 aliphatic rings. The molecule has 2 aromatic rings. The average Bonchev–Trinajstić information content (AvgIpc) is 2.61. The van der Waals surface area contributed by atoms with E-state index in [9.17, 15) is 13.2 Å². The topological polar surface area (TPSA) is 83.5 Å². The molecule has 0 aliphatic carbocycles. The van der Waals surface area contributed by atoms with Crippen LogP contribution in [0.2, 0.25) is 0 Å². The number of carbonyl (C=O) groups excluding carboxylic acids is 1. The molecule has 2 heterocycles.